The smallest absolute Gasteiger partial charge is 0.303 e. The number of nitrogens with zero attached hydrogens (tertiary/aromatic N) is 2. The van der Waals surface area contributed by atoms with Gasteiger partial charge in [0.05, 0.1) is 6.54 Å². The number of carbonyl (C=O) groups is 1. The fraction of sp³-hybridized carbons (Fsp3) is 0.400. The molecular weight excluding hydrogens is 270 g/mol. The summed E-state index contributed by atoms with van der Waals surface area (Å²) in [5.74, 6) is 0.343. The Balaban J connectivity index is 1.66. The zero-order chi connectivity index (χ0) is 14.9. The van der Waals surface area contributed by atoms with Gasteiger partial charge in [0.2, 0.25) is 11.8 Å². The van der Waals surface area contributed by atoms with Crippen molar-refractivity contribution in [3.63, 3.8) is 0 Å². The molecule has 0 saturated carbocycles. The molecule has 0 radical (unpaired) electrons. The third-order valence-corrected chi connectivity index (χ3v) is 3.01. The predicted octanol–water partition coefficient (Wildman–Crippen LogP) is 2.47. The SMILES string of the molecule is O=C(O)CCCCCNCc1nnc(-c2ccccc2)o1. The second-order valence-corrected chi connectivity index (χ2v) is 4.75. The quantitative estimate of drug-likeness (QED) is 0.689. The van der Waals surface area contributed by atoms with Crippen molar-refractivity contribution in [3.05, 3.63) is 36.2 Å². The highest BCUT2D eigenvalue weighted by atomic mass is 16.4. The van der Waals surface area contributed by atoms with Gasteiger partial charge in [-0.2, -0.15) is 0 Å². The van der Waals surface area contributed by atoms with E-state index in [-0.39, 0.29) is 6.42 Å². The van der Waals surface area contributed by atoms with Gasteiger partial charge in [-0.25, -0.2) is 0 Å². The van der Waals surface area contributed by atoms with Gasteiger partial charge in [0.15, 0.2) is 0 Å². The van der Waals surface area contributed by atoms with Crippen LogP contribution in [0.15, 0.2) is 34.7 Å². The Labute approximate surface area is 123 Å². The molecule has 0 aliphatic rings. The first-order valence-corrected chi connectivity index (χ1v) is 7.06. The van der Waals surface area contributed by atoms with Crippen molar-refractivity contribution in [2.24, 2.45) is 0 Å². The number of nitrogens with one attached hydrogen (secondary N) is 1. The van der Waals surface area contributed by atoms with E-state index in [9.17, 15) is 4.79 Å². The molecule has 0 saturated heterocycles. The van der Waals surface area contributed by atoms with E-state index in [2.05, 4.69) is 15.5 Å². The number of carboxylic acids is 1. The van der Waals surface area contributed by atoms with Crippen LogP contribution in [0.5, 0.6) is 0 Å². The summed E-state index contributed by atoms with van der Waals surface area (Å²) in [5, 5.41) is 19.7. The van der Waals surface area contributed by atoms with Gasteiger partial charge in [-0.15, -0.1) is 10.2 Å². The average Bonchev–Trinajstić information content (AvgIpc) is 2.96. The Morgan fingerprint density at radius 3 is 2.71 bits per heavy atom. The second kappa shape index (κ2) is 8.16. The Hall–Kier alpha value is -2.21. The lowest BCUT2D eigenvalue weighted by Crippen LogP contribution is -2.15. The molecule has 6 nitrogen and oxygen atoms in total. The number of benzene rings is 1. The summed E-state index contributed by atoms with van der Waals surface area (Å²) in [5.41, 5.74) is 0.907. The number of unbranched alkanes of at least 4 members (excludes halogenated alkanes) is 2. The summed E-state index contributed by atoms with van der Waals surface area (Å²) in [6.45, 7) is 1.33. The van der Waals surface area contributed by atoms with Crippen molar-refractivity contribution < 1.29 is 14.3 Å². The van der Waals surface area contributed by atoms with Crippen molar-refractivity contribution in [2.75, 3.05) is 6.54 Å². The maximum Gasteiger partial charge on any atom is 0.303 e. The Morgan fingerprint density at radius 2 is 1.95 bits per heavy atom. The minimum absolute atomic E-state index is 0.240. The number of hydrogen-bond acceptors (Lipinski definition) is 5. The molecule has 0 atom stereocenters. The highest BCUT2D eigenvalue weighted by Crippen LogP contribution is 2.16. The third-order valence-electron chi connectivity index (χ3n) is 3.01. The summed E-state index contributed by atoms with van der Waals surface area (Å²) in [6, 6.07) is 9.64. The standard InChI is InChI=1S/C15H19N3O3/c19-14(20)9-5-2-6-10-16-11-13-17-18-15(21-13)12-7-3-1-4-8-12/h1,3-4,7-8,16H,2,5-6,9-11H2,(H,19,20). The second-order valence-electron chi connectivity index (χ2n) is 4.75. The van der Waals surface area contributed by atoms with E-state index in [0.29, 0.717) is 18.3 Å². The van der Waals surface area contributed by atoms with E-state index < -0.39 is 5.97 Å². The minimum Gasteiger partial charge on any atom is -0.481 e. The normalized spacial score (nSPS) is 10.7. The molecule has 0 spiro atoms. The van der Waals surface area contributed by atoms with Crippen LogP contribution in [0.2, 0.25) is 0 Å². The summed E-state index contributed by atoms with van der Waals surface area (Å²) >= 11 is 0. The maximum absolute atomic E-state index is 10.3. The van der Waals surface area contributed by atoms with Crippen molar-refractivity contribution >= 4 is 5.97 Å². The molecule has 21 heavy (non-hydrogen) atoms. The van der Waals surface area contributed by atoms with E-state index in [1.807, 2.05) is 30.3 Å². The molecule has 6 heteroatoms. The summed E-state index contributed by atoms with van der Waals surface area (Å²) in [6.07, 6.45) is 2.80. The van der Waals surface area contributed by atoms with Crippen LogP contribution in [0.3, 0.4) is 0 Å². The summed E-state index contributed by atoms with van der Waals surface area (Å²) < 4.78 is 5.57. The van der Waals surface area contributed by atoms with Crippen molar-refractivity contribution in [1.82, 2.24) is 15.5 Å². The lowest BCUT2D eigenvalue weighted by Gasteiger charge is -2.01. The average molecular weight is 289 g/mol. The van der Waals surface area contributed by atoms with Crippen LogP contribution in [0.4, 0.5) is 0 Å². The number of carboxylic acid groups (broad SMARTS) is 1. The Morgan fingerprint density at radius 1 is 1.14 bits per heavy atom. The summed E-state index contributed by atoms with van der Waals surface area (Å²) in [4.78, 5) is 10.3. The topological polar surface area (TPSA) is 88.2 Å². The highest BCUT2D eigenvalue weighted by Gasteiger charge is 2.07. The molecular formula is C15H19N3O3. The molecule has 1 aromatic heterocycles. The minimum atomic E-state index is -0.734. The fourth-order valence-corrected chi connectivity index (χ4v) is 1.92. The molecule has 0 bridgehead atoms. The van der Waals surface area contributed by atoms with E-state index in [4.69, 9.17) is 9.52 Å². The van der Waals surface area contributed by atoms with Crippen molar-refractivity contribution in [2.45, 2.75) is 32.2 Å². The number of rotatable bonds is 9. The van der Waals surface area contributed by atoms with Gasteiger partial charge in [-0.1, -0.05) is 24.6 Å². The number of aromatic nitrogens is 2. The molecule has 0 unspecified atom stereocenters. The largest absolute Gasteiger partial charge is 0.481 e. The van der Waals surface area contributed by atoms with E-state index in [1.165, 1.54) is 0 Å². The molecule has 1 heterocycles. The zero-order valence-electron chi connectivity index (χ0n) is 11.8. The van der Waals surface area contributed by atoms with Gasteiger partial charge >= 0.3 is 5.97 Å². The predicted molar refractivity (Wildman–Crippen MR) is 77.5 cm³/mol. The van der Waals surface area contributed by atoms with Crippen LogP contribution in [0, 0.1) is 0 Å². The van der Waals surface area contributed by atoms with Crippen LogP contribution >= 0.6 is 0 Å². The van der Waals surface area contributed by atoms with Gasteiger partial charge in [-0.3, -0.25) is 4.79 Å². The van der Waals surface area contributed by atoms with Gasteiger partial charge < -0.3 is 14.8 Å². The van der Waals surface area contributed by atoms with Crippen LogP contribution in [0.1, 0.15) is 31.6 Å². The molecule has 112 valence electrons. The zero-order valence-corrected chi connectivity index (χ0v) is 11.8. The van der Waals surface area contributed by atoms with E-state index in [1.54, 1.807) is 0 Å². The molecule has 1 aromatic carbocycles. The Kier molecular flexibility index (Phi) is 5.90. The van der Waals surface area contributed by atoms with Gasteiger partial charge in [0.1, 0.15) is 0 Å². The number of aliphatic carboxylic acids is 1. The van der Waals surface area contributed by atoms with Crippen LogP contribution in [-0.4, -0.2) is 27.8 Å². The van der Waals surface area contributed by atoms with Crippen molar-refractivity contribution in [3.8, 4) is 11.5 Å². The molecule has 2 aromatic rings. The first kappa shape index (κ1) is 15.2. The number of hydrogen-bond donors (Lipinski definition) is 2. The van der Waals surface area contributed by atoms with Crippen LogP contribution < -0.4 is 5.32 Å². The highest BCUT2D eigenvalue weighted by molar-refractivity contribution is 5.66. The molecule has 0 amide bonds. The van der Waals surface area contributed by atoms with Crippen LogP contribution in [0.25, 0.3) is 11.5 Å². The first-order valence-electron chi connectivity index (χ1n) is 7.06. The lowest BCUT2D eigenvalue weighted by molar-refractivity contribution is -0.137. The molecule has 0 fully saturated rings. The molecule has 2 rings (SSSR count). The molecule has 2 N–H and O–H groups in total. The van der Waals surface area contributed by atoms with E-state index in [0.717, 1.165) is 31.4 Å². The Bertz CT molecular complexity index is 554. The molecule has 0 aliphatic carbocycles. The first-order chi connectivity index (χ1) is 10.3. The molecule has 0 aliphatic heterocycles. The third kappa shape index (κ3) is 5.35. The summed E-state index contributed by atoms with van der Waals surface area (Å²) in [7, 11) is 0. The fourth-order valence-electron chi connectivity index (χ4n) is 1.92. The van der Waals surface area contributed by atoms with Crippen LogP contribution in [-0.2, 0) is 11.3 Å². The lowest BCUT2D eigenvalue weighted by atomic mass is 10.2. The van der Waals surface area contributed by atoms with Gasteiger partial charge in [-0.05, 0) is 31.5 Å². The van der Waals surface area contributed by atoms with Crippen molar-refractivity contribution in [1.29, 1.82) is 0 Å². The monoisotopic (exact) mass is 289 g/mol. The van der Waals surface area contributed by atoms with Gasteiger partial charge in [0, 0.05) is 12.0 Å². The maximum atomic E-state index is 10.3. The van der Waals surface area contributed by atoms with E-state index >= 15 is 0 Å². The van der Waals surface area contributed by atoms with Gasteiger partial charge in [0.25, 0.3) is 0 Å².